The van der Waals surface area contributed by atoms with Crippen LogP contribution < -0.4 is 5.32 Å². The minimum atomic E-state index is -0.754. The fourth-order valence-electron chi connectivity index (χ4n) is 2.78. The van der Waals surface area contributed by atoms with Gasteiger partial charge < -0.3 is 5.32 Å². The van der Waals surface area contributed by atoms with E-state index in [9.17, 15) is 4.21 Å². The zero-order valence-corrected chi connectivity index (χ0v) is 11.5. The lowest BCUT2D eigenvalue weighted by atomic mass is 10.1. The maximum Gasteiger partial charge on any atom is 0.0749 e. The van der Waals surface area contributed by atoms with Gasteiger partial charge in [0.2, 0.25) is 0 Å². The van der Waals surface area contributed by atoms with Crippen LogP contribution in [0, 0.1) is 5.92 Å². The Kier molecular flexibility index (Phi) is 3.80. The molecule has 0 bridgehead atoms. The molecule has 1 aliphatic heterocycles. The summed E-state index contributed by atoms with van der Waals surface area (Å²) >= 11 is 0. The molecule has 1 saturated heterocycles. The number of aromatic nitrogens is 2. The maximum atomic E-state index is 12.0. The molecule has 2 fully saturated rings. The molecule has 100 valence electrons. The van der Waals surface area contributed by atoms with Gasteiger partial charge in [0.25, 0.3) is 0 Å². The van der Waals surface area contributed by atoms with E-state index in [2.05, 4.69) is 21.3 Å². The quantitative estimate of drug-likeness (QED) is 0.879. The molecule has 0 radical (unpaired) electrons. The zero-order chi connectivity index (χ0) is 12.4. The molecule has 2 aliphatic rings. The van der Waals surface area contributed by atoms with Crippen LogP contribution in [0.1, 0.15) is 37.4 Å². The Bertz CT molecular complexity index is 422. The van der Waals surface area contributed by atoms with Gasteiger partial charge in [0.1, 0.15) is 0 Å². The van der Waals surface area contributed by atoms with E-state index < -0.39 is 10.8 Å². The van der Waals surface area contributed by atoms with Crippen LogP contribution in [-0.4, -0.2) is 32.8 Å². The summed E-state index contributed by atoms with van der Waals surface area (Å²) in [6.45, 7) is 2.06. The van der Waals surface area contributed by atoms with Crippen molar-refractivity contribution in [3.05, 3.63) is 18.0 Å². The van der Waals surface area contributed by atoms with Gasteiger partial charge in [-0.25, -0.2) is 0 Å². The third kappa shape index (κ3) is 2.83. The Hall–Kier alpha value is -0.680. The molecule has 0 amide bonds. The standard InChI is InChI=1S/C13H21N3OS/c17-18(9-11-7-14-8-11)10-12-5-6-16(15-12)13-3-1-2-4-13/h5-6,11,13-14H,1-4,7-10H2. The molecule has 18 heavy (non-hydrogen) atoms. The first-order chi connectivity index (χ1) is 8.81. The van der Waals surface area contributed by atoms with E-state index in [1.807, 2.05) is 6.07 Å². The molecular weight excluding hydrogens is 246 g/mol. The maximum absolute atomic E-state index is 12.0. The highest BCUT2D eigenvalue weighted by atomic mass is 32.2. The fraction of sp³-hybridized carbons (Fsp3) is 0.769. The van der Waals surface area contributed by atoms with Gasteiger partial charge in [0, 0.05) is 35.8 Å². The van der Waals surface area contributed by atoms with Gasteiger partial charge in [-0.15, -0.1) is 0 Å². The van der Waals surface area contributed by atoms with Crippen LogP contribution in [0.3, 0.4) is 0 Å². The molecule has 1 saturated carbocycles. The number of hydrogen-bond donors (Lipinski definition) is 1. The highest BCUT2D eigenvalue weighted by Gasteiger charge is 2.21. The summed E-state index contributed by atoms with van der Waals surface area (Å²) in [5, 5.41) is 7.81. The van der Waals surface area contributed by atoms with Crippen molar-refractivity contribution in [3.8, 4) is 0 Å². The first kappa shape index (κ1) is 12.4. The predicted molar refractivity (Wildman–Crippen MR) is 72.8 cm³/mol. The molecule has 1 unspecified atom stereocenters. The molecular formula is C13H21N3OS. The first-order valence-electron chi connectivity index (χ1n) is 6.91. The van der Waals surface area contributed by atoms with Gasteiger partial charge in [-0.3, -0.25) is 8.89 Å². The summed E-state index contributed by atoms with van der Waals surface area (Å²) in [6, 6.07) is 2.62. The van der Waals surface area contributed by atoms with Gasteiger partial charge in [-0.05, 0) is 24.8 Å². The van der Waals surface area contributed by atoms with E-state index >= 15 is 0 Å². The van der Waals surface area contributed by atoms with Crippen molar-refractivity contribution in [2.45, 2.75) is 37.5 Å². The van der Waals surface area contributed by atoms with E-state index in [4.69, 9.17) is 0 Å². The molecule has 0 aromatic carbocycles. The van der Waals surface area contributed by atoms with Crippen molar-refractivity contribution in [3.63, 3.8) is 0 Å². The van der Waals surface area contributed by atoms with Crippen LogP contribution in [0.2, 0.25) is 0 Å². The van der Waals surface area contributed by atoms with Crippen LogP contribution in [0.5, 0.6) is 0 Å². The normalized spacial score (nSPS) is 23.1. The highest BCUT2D eigenvalue weighted by Crippen LogP contribution is 2.28. The van der Waals surface area contributed by atoms with Crippen LogP contribution in [0.25, 0.3) is 0 Å². The molecule has 1 atom stereocenters. The van der Waals surface area contributed by atoms with Crippen molar-refractivity contribution >= 4 is 10.8 Å². The fourth-order valence-corrected chi connectivity index (χ4v) is 4.14. The highest BCUT2D eigenvalue weighted by molar-refractivity contribution is 7.84. The van der Waals surface area contributed by atoms with Gasteiger partial charge in [-0.2, -0.15) is 5.10 Å². The lowest BCUT2D eigenvalue weighted by Gasteiger charge is -2.26. The van der Waals surface area contributed by atoms with Crippen molar-refractivity contribution < 1.29 is 4.21 Å². The summed E-state index contributed by atoms with van der Waals surface area (Å²) in [6.07, 6.45) is 7.20. The lowest BCUT2D eigenvalue weighted by Crippen LogP contribution is -2.44. The van der Waals surface area contributed by atoms with Gasteiger partial charge in [0.05, 0.1) is 17.5 Å². The van der Waals surface area contributed by atoms with Gasteiger partial charge in [-0.1, -0.05) is 12.8 Å². The average molecular weight is 267 g/mol. The molecule has 3 rings (SSSR count). The Balaban J connectivity index is 1.53. The molecule has 0 spiro atoms. The summed E-state index contributed by atoms with van der Waals surface area (Å²) in [5.41, 5.74) is 0.993. The van der Waals surface area contributed by atoms with E-state index in [-0.39, 0.29) is 0 Å². The van der Waals surface area contributed by atoms with Gasteiger partial charge in [0.15, 0.2) is 0 Å². The van der Waals surface area contributed by atoms with Crippen LogP contribution in [-0.2, 0) is 16.6 Å². The van der Waals surface area contributed by atoms with Crippen molar-refractivity contribution in [2.24, 2.45) is 5.92 Å². The van der Waals surface area contributed by atoms with E-state index in [1.54, 1.807) is 0 Å². The number of rotatable bonds is 5. The zero-order valence-electron chi connectivity index (χ0n) is 10.7. The largest absolute Gasteiger partial charge is 0.316 e. The summed E-state index contributed by atoms with van der Waals surface area (Å²) in [4.78, 5) is 0. The van der Waals surface area contributed by atoms with Gasteiger partial charge >= 0.3 is 0 Å². The number of nitrogens with zero attached hydrogens (tertiary/aromatic N) is 2. The second-order valence-electron chi connectivity index (χ2n) is 5.50. The minimum Gasteiger partial charge on any atom is -0.316 e. The molecule has 1 aromatic heterocycles. The van der Waals surface area contributed by atoms with E-state index in [1.165, 1.54) is 25.7 Å². The van der Waals surface area contributed by atoms with E-state index in [0.717, 1.165) is 24.5 Å². The smallest absolute Gasteiger partial charge is 0.0749 e. The predicted octanol–water partition coefficient (Wildman–Crippen LogP) is 1.47. The van der Waals surface area contributed by atoms with Crippen molar-refractivity contribution in [2.75, 3.05) is 18.8 Å². The van der Waals surface area contributed by atoms with Crippen molar-refractivity contribution in [1.82, 2.24) is 15.1 Å². The molecule has 5 heteroatoms. The summed E-state index contributed by atoms with van der Waals surface area (Å²) in [5.74, 6) is 2.06. The monoisotopic (exact) mass is 267 g/mol. The molecule has 1 aliphatic carbocycles. The lowest BCUT2D eigenvalue weighted by molar-refractivity contribution is 0.382. The summed E-state index contributed by atoms with van der Waals surface area (Å²) < 4.78 is 14.1. The van der Waals surface area contributed by atoms with Crippen molar-refractivity contribution in [1.29, 1.82) is 0 Å². The molecule has 4 nitrogen and oxygen atoms in total. The third-order valence-electron chi connectivity index (χ3n) is 3.96. The Morgan fingerprint density at radius 1 is 1.39 bits per heavy atom. The SMILES string of the molecule is O=S(Cc1ccn(C2CCCC2)n1)CC1CNC1. The minimum absolute atomic E-state index is 0.586. The second-order valence-corrected chi connectivity index (χ2v) is 7.00. The molecule has 1 N–H and O–H groups in total. The average Bonchev–Trinajstić information content (AvgIpc) is 2.92. The molecule has 2 heterocycles. The Labute approximate surface area is 111 Å². The Morgan fingerprint density at radius 3 is 2.83 bits per heavy atom. The van der Waals surface area contributed by atoms with Crippen LogP contribution in [0.4, 0.5) is 0 Å². The first-order valence-corrected chi connectivity index (χ1v) is 8.40. The summed E-state index contributed by atoms with van der Waals surface area (Å²) in [7, 11) is -0.754. The Morgan fingerprint density at radius 2 is 2.17 bits per heavy atom. The molecule has 1 aromatic rings. The van der Waals surface area contributed by atoms with Crippen LogP contribution in [0.15, 0.2) is 12.3 Å². The number of hydrogen-bond acceptors (Lipinski definition) is 3. The topological polar surface area (TPSA) is 46.9 Å². The number of nitrogens with one attached hydrogen (secondary N) is 1. The van der Waals surface area contributed by atoms with Crippen LogP contribution >= 0.6 is 0 Å². The second kappa shape index (κ2) is 5.53. The third-order valence-corrected chi connectivity index (χ3v) is 5.42. The van der Waals surface area contributed by atoms with E-state index in [0.29, 0.717) is 17.7 Å².